The maximum Gasteiger partial charge on any atom is 0.252 e. The lowest BCUT2D eigenvalue weighted by atomic mass is 9.92. The van der Waals surface area contributed by atoms with Crippen LogP contribution in [0.15, 0.2) is 24.3 Å². The summed E-state index contributed by atoms with van der Waals surface area (Å²) in [7, 11) is 1.77. The Bertz CT molecular complexity index is 707. The molecule has 0 unspecified atom stereocenters. The van der Waals surface area contributed by atoms with Crippen LogP contribution >= 0.6 is 0 Å². The summed E-state index contributed by atoms with van der Waals surface area (Å²) >= 11 is 0. The highest BCUT2D eigenvalue weighted by Gasteiger charge is 2.52. The van der Waals surface area contributed by atoms with E-state index in [0.29, 0.717) is 5.92 Å². The highest BCUT2D eigenvalue weighted by atomic mass is 16.5. The minimum absolute atomic E-state index is 0.0206. The first-order valence-electron chi connectivity index (χ1n) is 9.77. The van der Waals surface area contributed by atoms with Gasteiger partial charge in [0.05, 0.1) is 6.04 Å². The first-order valence-corrected chi connectivity index (χ1v) is 9.77. The lowest BCUT2D eigenvalue weighted by Gasteiger charge is -2.40. The molecule has 0 radical (unpaired) electrons. The number of nitrogens with zero attached hydrogens (tertiary/aromatic N) is 1. The topological polar surface area (TPSA) is 58.6 Å². The third kappa shape index (κ3) is 3.02. The molecule has 0 bridgehead atoms. The molecule has 2 saturated carbocycles. The van der Waals surface area contributed by atoms with Crippen LogP contribution in [0, 0.1) is 12.8 Å². The van der Waals surface area contributed by atoms with E-state index in [4.69, 9.17) is 4.74 Å². The van der Waals surface area contributed by atoms with Gasteiger partial charge in [0.1, 0.15) is 6.61 Å². The van der Waals surface area contributed by atoms with Gasteiger partial charge in [0, 0.05) is 12.6 Å². The van der Waals surface area contributed by atoms with E-state index in [1.807, 2.05) is 31.2 Å². The van der Waals surface area contributed by atoms with E-state index < -0.39 is 6.10 Å². The summed E-state index contributed by atoms with van der Waals surface area (Å²) in [6, 6.07) is 7.54. The van der Waals surface area contributed by atoms with Gasteiger partial charge in [-0.05, 0) is 49.7 Å². The molecule has 2 aliphatic carbocycles. The molecule has 1 aliphatic heterocycles. The van der Waals surface area contributed by atoms with Crippen molar-refractivity contribution in [3.63, 3.8) is 0 Å². The van der Waals surface area contributed by atoms with E-state index in [1.54, 1.807) is 11.9 Å². The fourth-order valence-corrected chi connectivity index (χ4v) is 4.79. The number of rotatable bonds is 4. The fourth-order valence-electron chi connectivity index (χ4n) is 4.79. The lowest BCUT2D eigenvalue weighted by Crippen LogP contribution is -2.56. The molecule has 5 heteroatoms. The second-order valence-corrected chi connectivity index (χ2v) is 8.16. The molecule has 0 spiro atoms. The third-order valence-corrected chi connectivity index (χ3v) is 6.55. The number of carbonyl (C=O) groups is 2. The van der Waals surface area contributed by atoms with Crippen LogP contribution in [-0.2, 0) is 14.3 Å². The zero-order valence-corrected chi connectivity index (χ0v) is 15.7. The van der Waals surface area contributed by atoms with Gasteiger partial charge in [-0.15, -0.1) is 0 Å². The zero-order chi connectivity index (χ0) is 18.3. The summed E-state index contributed by atoms with van der Waals surface area (Å²) < 4.78 is 5.78. The van der Waals surface area contributed by atoms with Crippen LogP contribution in [-0.4, -0.2) is 42.0 Å². The van der Waals surface area contributed by atoms with Crippen LogP contribution in [0.1, 0.15) is 55.7 Å². The highest BCUT2D eigenvalue weighted by molar-refractivity contribution is 5.87. The van der Waals surface area contributed by atoms with E-state index >= 15 is 0 Å². The molecule has 2 atom stereocenters. The normalized spacial score (nSPS) is 28.2. The van der Waals surface area contributed by atoms with Gasteiger partial charge in [0.25, 0.3) is 5.91 Å². The maximum absolute atomic E-state index is 13.2. The summed E-state index contributed by atoms with van der Waals surface area (Å²) in [5.41, 5.74) is 2.03. The molecule has 1 saturated heterocycles. The molecular formula is C21H28N2O3. The van der Waals surface area contributed by atoms with Crippen LogP contribution in [0.3, 0.4) is 0 Å². The maximum atomic E-state index is 13.2. The van der Waals surface area contributed by atoms with E-state index in [2.05, 4.69) is 5.32 Å². The van der Waals surface area contributed by atoms with Crippen LogP contribution in [0.5, 0.6) is 0 Å². The zero-order valence-electron chi connectivity index (χ0n) is 15.7. The van der Waals surface area contributed by atoms with Crippen LogP contribution in [0.4, 0.5) is 0 Å². The average molecular weight is 356 g/mol. The number of likely N-dealkylation sites (N-methyl/N-ethyl adjacent to an activating group) is 1. The Morgan fingerprint density at radius 3 is 2.58 bits per heavy atom. The Balaban J connectivity index is 1.58. The molecule has 0 aromatic heterocycles. The molecule has 5 nitrogen and oxygen atoms in total. The van der Waals surface area contributed by atoms with Crippen molar-refractivity contribution in [1.82, 2.24) is 10.2 Å². The first kappa shape index (κ1) is 17.5. The van der Waals surface area contributed by atoms with Gasteiger partial charge < -0.3 is 15.0 Å². The Hall–Kier alpha value is -1.88. The number of aryl methyl sites for hydroxylation is 1. The van der Waals surface area contributed by atoms with Crippen LogP contribution < -0.4 is 5.32 Å². The summed E-state index contributed by atoms with van der Waals surface area (Å²) in [5.74, 6) is 0.451. The van der Waals surface area contributed by atoms with Crippen molar-refractivity contribution in [2.75, 3.05) is 13.7 Å². The van der Waals surface area contributed by atoms with E-state index in [1.165, 1.54) is 25.7 Å². The number of benzene rings is 1. The van der Waals surface area contributed by atoms with E-state index in [0.717, 1.165) is 24.0 Å². The quantitative estimate of drug-likeness (QED) is 0.902. The lowest BCUT2D eigenvalue weighted by molar-refractivity contribution is -0.162. The molecular weight excluding hydrogens is 328 g/mol. The van der Waals surface area contributed by atoms with Crippen molar-refractivity contribution in [2.24, 2.45) is 5.92 Å². The van der Waals surface area contributed by atoms with Crippen molar-refractivity contribution < 1.29 is 14.3 Å². The van der Waals surface area contributed by atoms with Crippen molar-refractivity contribution >= 4 is 11.8 Å². The van der Waals surface area contributed by atoms with E-state index in [9.17, 15) is 9.59 Å². The number of ether oxygens (including phenoxy) is 1. The Labute approximate surface area is 155 Å². The van der Waals surface area contributed by atoms with Gasteiger partial charge in [-0.1, -0.05) is 37.1 Å². The monoisotopic (exact) mass is 356 g/mol. The number of morpholine rings is 1. The highest BCUT2D eigenvalue weighted by Crippen LogP contribution is 2.49. The number of hydrogen-bond donors (Lipinski definition) is 1. The molecule has 1 aromatic rings. The Kier molecular flexibility index (Phi) is 4.51. The Morgan fingerprint density at radius 2 is 1.92 bits per heavy atom. The summed E-state index contributed by atoms with van der Waals surface area (Å²) in [4.78, 5) is 27.1. The predicted octanol–water partition coefficient (Wildman–Crippen LogP) is 2.73. The molecule has 4 rings (SSSR count). The number of carbonyl (C=O) groups excluding carboxylic acids is 2. The summed E-state index contributed by atoms with van der Waals surface area (Å²) in [5, 5.41) is 3.33. The van der Waals surface area contributed by atoms with Crippen molar-refractivity contribution in [2.45, 2.75) is 63.1 Å². The molecule has 26 heavy (non-hydrogen) atoms. The smallest absolute Gasteiger partial charge is 0.252 e. The molecule has 1 N–H and O–H groups in total. The van der Waals surface area contributed by atoms with Gasteiger partial charge in [0.2, 0.25) is 5.91 Å². The summed E-state index contributed by atoms with van der Waals surface area (Å²) in [6.07, 6.45) is 6.45. The van der Waals surface area contributed by atoms with Crippen molar-refractivity contribution in [3.05, 3.63) is 35.4 Å². The fraction of sp³-hybridized carbons (Fsp3) is 0.619. The average Bonchev–Trinajstić information content (AvgIpc) is 3.18. The van der Waals surface area contributed by atoms with Crippen molar-refractivity contribution in [1.29, 1.82) is 0 Å². The summed E-state index contributed by atoms with van der Waals surface area (Å²) in [6.45, 7) is 1.98. The SMILES string of the molecule is Cc1ccccc1[C@@H]1[C@@H](C(=O)NC2(C3CCCC3)CC2)OCC(=O)N1C. The van der Waals surface area contributed by atoms with Gasteiger partial charge >= 0.3 is 0 Å². The first-order chi connectivity index (χ1) is 12.5. The number of amides is 2. The van der Waals surface area contributed by atoms with Crippen LogP contribution in [0.2, 0.25) is 0 Å². The molecule has 1 aromatic carbocycles. The molecule has 3 fully saturated rings. The molecule has 3 aliphatic rings. The second kappa shape index (κ2) is 6.69. The third-order valence-electron chi connectivity index (χ3n) is 6.55. The van der Waals surface area contributed by atoms with Crippen molar-refractivity contribution in [3.8, 4) is 0 Å². The molecule has 2 amide bonds. The standard InChI is InChI=1S/C21H28N2O3/c1-14-7-3-6-10-16(14)18-19(26-13-17(24)23(18)2)20(25)22-21(11-12-21)15-8-4-5-9-15/h3,6-7,10,15,18-19H,4-5,8-9,11-13H2,1-2H3,(H,22,25)/t18-,19+/m1/s1. The number of nitrogens with one attached hydrogen (secondary N) is 1. The van der Waals surface area contributed by atoms with E-state index in [-0.39, 0.29) is 30.0 Å². The van der Waals surface area contributed by atoms with Gasteiger partial charge in [0.15, 0.2) is 6.10 Å². The van der Waals surface area contributed by atoms with Gasteiger partial charge in [-0.3, -0.25) is 9.59 Å². The largest absolute Gasteiger partial charge is 0.356 e. The second-order valence-electron chi connectivity index (χ2n) is 8.16. The molecule has 140 valence electrons. The molecule has 1 heterocycles. The Morgan fingerprint density at radius 1 is 1.23 bits per heavy atom. The van der Waals surface area contributed by atoms with Gasteiger partial charge in [-0.25, -0.2) is 0 Å². The minimum Gasteiger partial charge on any atom is -0.356 e. The minimum atomic E-state index is -0.655. The number of hydrogen-bond acceptors (Lipinski definition) is 3. The van der Waals surface area contributed by atoms with Gasteiger partial charge in [-0.2, -0.15) is 0 Å². The predicted molar refractivity (Wildman–Crippen MR) is 98.5 cm³/mol. The van der Waals surface area contributed by atoms with Crippen LogP contribution in [0.25, 0.3) is 0 Å².